The molecule has 34 heavy (non-hydrogen) atoms. The molecule has 164 valence electrons. The summed E-state index contributed by atoms with van der Waals surface area (Å²) in [4.78, 5) is 25.9. The number of aromatic nitrogens is 3. The molecule has 1 aliphatic heterocycles. The van der Waals surface area contributed by atoms with Crippen molar-refractivity contribution >= 4 is 92.7 Å². The third kappa shape index (κ3) is 4.82. The van der Waals surface area contributed by atoms with Crippen LogP contribution in [0.2, 0.25) is 10.3 Å². The van der Waals surface area contributed by atoms with Crippen LogP contribution >= 0.6 is 22.9 Å². The molecule has 0 saturated carbocycles. The van der Waals surface area contributed by atoms with Gasteiger partial charge < -0.3 is 15.5 Å². The third-order valence-electron chi connectivity index (χ3n) is 5.14. The summed E-state index contributed by atoms with van der Waals surface area (Å²) < 4.78 is 39.6. The number of anilines is 3. The van der Waals surface area contributed by atoms with E-state index >= 15 is 0 Å². The van der Waals surface area contributed by atoms with Crippen molar-refractivity contribution in [2.75, 3.05) is 23.7 Å². The minimum atomic E-state index is -4.66. The predicted molar refractivity (Wildman–Crippen MR) is 130 cm³/mol. The van der Waals surface area contributed by atoms with E-state index in [0.29, 0.717) is 6.20 Å². The number of likely N-dealkylation sites (tertiary alicyclic amines) is 1. The zero-order chi connectivity index (χ0) is 25.7. The summed E-state index contributed by atoms with van der Waals surface area (Å²) in [6.45, 7) is 1.77. The van der Waals surface area contributed by atoms with Gasteiger partial charge in [-0.2, -0.15) is 18.2 Å². The average molecular weight is 494 g/mol. The molecule has 18 heteroatoms. The van der Waals surface area contributed by atoms with Crippen LogP contribution in [0.4, 0.5) is 29.9 Å². The fourth-order valence-corrected chi connectivity index (χ4v) is 4.93. The highest BCUT2D eigenvalue weighted by atomic mass is 35.5. The Morgan fingerprint density at radius 1 is 1.21 bits per heavy atom. The Balaban J connectivity index is 2.01. The first-order valence-electron chi connectivity index (χ1n) is 9.69. The number of carbonyl (C=O) groups excluding carboxylic acids is 1. The van der Waals surface area contributed by atoms with Gasteiger partial charge >= 0.3 is 6.18 Å². The molecule has 7 nitrogen and oxygen atoms in total. The molecule has 0 aromatic carbocycles. The number of rotatable bonds is 7. The van der Waals surface area contributed by atoms with Crippen molar-refractivity contribution in [2.45, 2.75) is 35.3 Å². The molecule has 2 aromatic rings. The van der Waals surface area contributed by atoms with Crippen LogP contribution in [0.3, 0.4) is 0 Å². The number of carbonyl (C=O) groups is 1. The quantitative estimate of drug-likeness (QED) is 0.559. The summed E-state index contributed by atoms with van der Waals surface area (Å²) in [5, 5.41) is 1.07. The lowest BCUT2D eigenvalue weighted by Gasteiger charge is -2.42. The highest BCUT2D eigenvalue weighted by Gasteiger charge is 2.57. The van der Waals surface area contributed by atoms with Crippen LogP contribution in [0.5, 0.6) is 0 Å². The van der Waals surface area contributed by atoms with Crippen molar-refractivity contribution < 1.29 is 18.0 Å². The van der Waals surface area contributed by atoms with E-state index in [9.17, 15) is 18.0 Å². The molecule has 1 amide bonds. The number of hydrogen-bond donors (Lipinski definition) is 2. The first kappa shape index (κ1) is 26.8. The number of hydrogen-bond acceptors (Lipinski definition) is 7. The molecule has 1 aliphatic rings. The summed E-state index contributed by atoms with van der Waals surface area (Å²) in [7, 11) is 34.9. The van der Waals surface area contributed by atoms with Crippen molar-refractivity contribution in [3.8, 4) is 0 Å². The Hall–Kier alpha value is -1.75. The SMILES string of the molecule is [B]C([B])([B])N1CC[C@](c2nc(Cl)c(Nc3ncc(C(F)(F)F)c(NCC)n3)s2)(C([B])([B])[B])C1=O. The topological polar surface area (TPSA) is 83.0 Å². The predicted octanol–water partition coefficient (Wildman–Crippen LogP) is 0.947. The lowest BCUT2D eigenvalue weighted by atomic mass is 9.32. The largest absolute Gasteiger partial charge is 0.421 e. The molecular weight excluding hydrogens is 482 g/mol. The minimum absolute atomic E-state index is 0.0167. The van der Waals surface area contributed by atoms with Gasteiger partial charge in [-0.05, 0) is 13.3 Å². The second-order valence-electron chi connectivity index (χ2n) is 7.68. The second-order valence-corrected chi connectivity index (χ2v) is 9.04. The normalized spacial score (nSPS) is 19.4. The number of nitrogens with one attached hydrogen (secondary N) is 2. The molecule has 0 bridgehead atoms. The van der Waals surface area contributed by atoms with E-state index in [1.807, 2.05) is 0 Å². The van der Waals surface area contributed by atoms with E-state index in [4.69, 9.17) is 58.7 Å². The number of amides is 1. The Kier molecular flexibility index (Phi) is 7.14. The Labute approximate surface area is 211 Å². The Morgan fingerprint density at radius 3 is 2.35 bits per heavy atom. The van der Waals surface area contributed by atoms with Crippen LogP contribution in [0.1, 0.15) is 23.9 Å². The number of thiazole rings is 1. The maximum absolute atomic E-state index is 13.3. The van der Waals surface area contributed by atoms with Gasteiger partial charge in [-0.3, -0.25) is 4.79 Å². The lowest BCUT2D eigenvalue weighted by molar-refractivity contribution is -0.137. The third-order valence-corrected chi connectivity index (χ3v) is 6.66. The summed E-state index contributed by atoms with van der Waals surface area (Å²) in [5.41, 5.74) is -2.83. The van der Waals surface area contributed by atoms with Crippen LogP contribution in [-0.2, 0) is 16.4 Å². The molecule has 1 fully saturated rings. The fourth-order valence-electron chi connectivity index (χ4n) is 3.49. The molecule has 12 radical (unpaired) electrons. The van der Waals surface area contributed by atoms with Gasteiger partial charge in [0.2, 0.25) is 11.9 Å². The molecule has 0 spiro atoms. The number of alkyl halides is 3. The van der Waals surface area contributed by atoms with E-state index in [2.05, 4.69) is 25.6 Å². The molecule has 3 rings (SSSR count). The van der Waals surface area contributed by atoms with Gasteiger partial charge in [0.05, 0.1) is 52.5 Å². The standard InChI is InChI=1S/C16H12B6ClF3N6OS/c1-2-27-8-6(14(24,25)26)5-28-12(30-8)31-9-7(23)29-10(34-9)13(15(17,18)19)3-4-32(11(13)33)16(20,21)22/h5H,2-4H2,1H3,(H2,27,28,30,31)/t13-/m1/s1. The van der Waals surface area contributed by atoms with Gasteiger partial charge in [0, 0.05) is 19.3 Å². The van der Waals surface area contributed by atoms with Gasteiger partial charge in [-0.1, -0.05) is 28.2 Å². The minimum Gasteiger partial charge on any atom is -0.370 e. The van der Waals surface area contributed by atoms with Gasteiger partial charge in [0.1, 0.15) is 21.4 Å². The van der Waals surface area contributed by atoms with Crippen LogP contribution in [0.25, 0.3) is 0 Å². The van der Waals surface area contributed by atoms with Crippen molar-refractivity contribution in [1.29, 1.82) is 0 Å². The second kappa shape index (κ2) is 9.04. The van der Waals surface area contributed by atoms with Crippen LogP contribution in [0.15, 0.2) is 6.20 Å². The van der Waals surface area contributed by atoms with Crippen LogP contribution in [-0.4, -0.2) is 91.2 Å². The van der Waals surface area contributed by atoms with Crippen molar-refractivity contribution in [1.82, 2.24) is 19.9 Å². The smallest absolute Gasteiger partial charge is 0.370 e. The molecule has 2 aromatic heterocycles. The molecule has 3 heterocycles. The fraction of sp³-hybridized carbons (Fsp3) is 0.500. The zero-order valence-corrected chi connectivity index (χ0v) is 19.4. The monoisotopic (exact) mass is 494 g/mol. The van der Waals surface area contributed by atoms with Crippen LogP contribution in [0, 0.1) is 0 Å². The van der Waals surface area contributed by atoms with Gasteiger partial charge in [-0.25, -0.2) is 9.97 Å². The van der Waals surface area contributed by atoms with Gasteiger partial charge in [-0.15, -0.1) is 5.11 Å². The van der Waals surface area contributed by atoms with E-state index in [1.54, 1.807) is 6.92 Å². The van der Waals surface area contributed by atoms with Crippen LogP contribution < -0.4 is 10.6 Å². The van der Waals surface area contributed by atoms with Crippen molar-refractivity contribution in [3.63, 3.8) is 0 Å². The zero-order valence-electron chi connectivity index (χ0n) is 17.8. The summed E-state index contributed by atoms with van der Waals surface area (Å²) in [5.74, 6) is -1.40. The average Bonchev–Trinajstić information content (AvgIpc) is 3.21. The van der Waals surface area contributed by atoms with Crippen molar-refractivity contribution in [3.05, 3.63) is 21.9 Å². The van der Waals surface area contributed by atoms with E-state index in [1.165, 1.54) is 0 Å². The lowest BCUT2D eigenvalue weighted by Crippen LogP contribution is -2.56. The maximum atomic E-state index is 13.3. The van der Waals surface area contributed by atoms with E-state index in [0.717, 1.165) is 16.2 Å². The molecule has 1 atom stereocenters. The highest BCUT2D eigenvalue weighted by Crippen LogP contribution is 2.52. The summed E-state index contributed by atoms with van der Waals surface area (Å²) in [6, 6.07) is 0. The molecule has 1 saturated heterocycles. The van der Waals surface area contributed by atoms with E-state index in [-0.39, 0.29) is 40.6 Å². The molecule has 2 N–H and O–H groups in total. The summed E-state index contributed by atoms with van der Waals surface area (Å²) >= 11 is 7.06. The number of nitrogens with zero attached hydrogens (tertiary/aromatic N) is 4. The number of halogens is 4. The summed E-state index contributed by atoms with van der Waals surface area (Å²) in [6.07, 6.45) is -4.08. The Morgan fingerprint density at radius 2 is 1.85 bits per heavy atom. The maximum Gasteiger partial charge on any atom is 0.421 e. The van der Waals surface area contributed by atoms with E-state index < -0.39 is 39.2 Å². The Bertz CT molecular complexity index is 1090. The van der Waals surface area contributed by atoms with Gasteiger partial charge in [0.15, 0.2) is 5.15 Å². The molecule has 0 unspecified atom stereocenters. The van der Waals surface area contributed by atoms with Crippen molar-refractivity contribution in [2.24, 2.45) is 0 Å². The first-order valence-corrected chi connectivity index (χ1v) is 10.9. The first-order chi connectivity index (χ1) is 15.5. The highest BCUT2D eigenvalue weighted by molar-refractivity contribution is 7.16. The molecule has 0 aliphatic carbocycles. The van der Waals surface area contributed by atoms with Gasteiger partial charge in [0.25, 0.3) is 0 Å². The molecular formula is C16H12B6ClF3N6OS.